The first-order valence-corrected chi connectivity index (χ1v) is 9.16. The van der Waals surface area contributed by atoms with Gasteiger partial charge in [-0.1, -0.05) is 30.3 Å². The van der Waals surface area contributed by atoms with Gasteiger partial charge in [0.25, 0.3) is 0 Å². The molecule has 1 aromatic rings. The Morgan fingerprint density at radius 3 is 2.52 bits per heavy atom. The number of carbonyl (C=O) groups excluding carboxylic acids is 1. The topological polar surface area (TPSA) is 58.8 Å². The molecule has 0 bridgehead atoms. The third-order valence-electron chi connectivity index (χ3n) is 5.33. The summed E-state index contributed by atoms with van der Waals surface area (Å²) in [7, 11) is 0. The fourth-order valence-corrected chi connectivity index (χ4v) is 3.85. The molecule has 1 aromatic carbocycles. The zero-order valence-electron chi connectivity index (χ0n) is 14.8. The van der Waals surface area contributed by atoms with E-state index in [1.807, 2.05) is 35.2 Å². The molecule has 3 rings (SSSR count). The molecule has 2 fully saturated rings. The van der Waals surface area contributed by atoms with Crippen LogP contribution in [-0.4, -0.2) is 54.7 Å². The fourth-order valence-electron chi connectivity index (χ4n) is 3.85. The first-order valence-electron chi connectivity index (χ1n) is 9.16. The van der Waals surface area contributed by atoms with Crippen LogP contribution >= 0.6 is 12.4 Å². The second-order valence-electron chi connectivity index (χ2n) is 7.00. The van der Waals surface area contributed by atoms with E-state index in [4.69, 9.17) is 10.5 Å². The molecule has 1 atom stereocenters. The summed E-state index contributed by atoms with van der Waals surface area (Å²) in [6.07, 6.45) is 4.41. The molecule has 5 nitrogen and oxygen atoms in total. The molecule has 0 aromatic heterocycles. The van der Waals surface area contributed by atoms with Crippen LogP contribution in [0.5, 0.6) is 0 Å². The van der Waals surface area contributed by atoms with Crippen LogP contribution in [0, 0.1) is 5.92 Å². The fraction of sp³-hybridized carbons (Fsp3) is 0.632. The second-order valence-corrected chi connectivity index (χ2v) is 7.00. The Morgan fingerprint density at radius 2 is 1.84 bits per heavy atom. The molecular formula is C19H30ClN3O2. The highest BCUT2D eigenvalue weighted by Crippen LogP contribution is 2.23. The van der Waals surface area contributed by atoms with E-state index in [0.29, 0.717) is 18.6 Å². The van der Waals surface area contributed by atoms with Gasteiger partial charge in [0.15, 0.2) is 0 Å². The van der Waals surface area contributed by atoms with Crippen molar-refractivity contribution in [2.24, 2.45) is 11.7 Å². The van der Waals surface area contributed by atoms with Crippen molar-refractivity contribution in [2.45, 2.75) is 38.3 Å². The molecule has 2 saturated heterocycles. The van der Waals surface area contributed by atoms with Crippen molar-refractivity contribution in [3.8, 4) is 0 Å². The molecule has 0 radical (unpaired) electrons. The van der Waals surface area contributed by atoms with Crippen molar-refractivity contribution in [3.05, 3.63) is 35.9 Å². The number of benzene rings is 1. The summed E-state index contributed by atoms with van der Waals surface area (Å²) in [4.78, 5) is 16.7. The number of amides is 1. The van der Waals surface area contributed by atoms with Crippen molar-refractivity contribution < 1.29 is 9.53 Å². The predicted molar refractivity (Wildman–Crippen MR) is 102 cm³/mol. The molecule has 140 valence electrons. The minimum absolute atomic E-state index is 0. The quantitative estimate of drug-likeness (QED) is 0.888. The van der Waals surface area contributed by atoms with Gasteiger partial charge in [-0.2, -0.15) is 0 Å². The van der Waals surface area contributed by atoms with Crippen molar-refractivity contribution in [2.75, 3.05) is 32.7 Å². The van der Waals surface area contributed by atoms with E-state index in [1.54, 1.807) is 0 Å². The number of hydrogen-bond donors (Lipinski definition) is 1. The van der Waals surface area contributed by atoms with Gasteiger partial charge in [0, 0.05) is 25.7 Å². The molecule has 1 amide bonds. The van der Waals surface area contributed by atoms with Gasteiger partial charge in [-0.05, 0) is 50.3 Å². The van der Waals surface area contributed by atoms with Crippen molar-refractivity contribution in [3.63, 3.8) is 0 Å². The lowest BCUT2D eigenvalue weighted by molar-refractivity contribution is 0.0544. The van der Waals surface area contributed by atoms with E-state index >= 15 is 0 Å². The van der Waals surface area contributed by atoms with E-state index in [0.717, 1.165) is 44.6 Å². The zero-order chi connectivity index (χ0) is 16.8. The molecule has 1 unspecified atom stereocenters. The van der Waals surface area contributed by atoms with E-state index in [9.17, 15) is 4.79 Å². The molecule has 25 heavy (non-hydrogen) atoms. The number of rotatable bonds is 4. The second kappa shape index (κ2) is 10.00. The predicted octanol–water partition coefficient (Wildman–Crippen LogP) is 2.88. The Bertz CT molecular complexity index is 521. The SMILES string of the molecule is Cl.NCC1CCCN(C2CCN(C(=O)OCc3ccccc3)CC2)C1. The molecule has 2 aliphatic heterocycles. The van der Waals surface area contributed by atoms with Gasteiger partial charge in [-0.15, -0.1) is 12.4 Å². The summed E-state index contributed by atoms with van der Waals surface area (Å²) in [5.74, 6) is 0.646. The standard InChI is InChI=1S/C19H29N3O2.ClH/c20-13-17-7-4-10-22(14-17)18-8-11-21(12-9-18)19(23)24-15-16-5-2-1-3-6-16;/h1-3,5-6,17-18H,4,7-15,20H2;1H. The zero-order valence-corrected chi connectivity index (χ0v) is 15.6. The smallest absolute Gasteiger partial charge is 0.410 e. The average Bonchev–Trinajstić information content (AvgIpc) is 2.67. The van der Waals surface area contributed by atoms with E-state index in [1.165, 1.54) is 19.4 Å². The summed E-state index contributed by atoms with van der Waals surface area (Å²) >= 11 is 0. The number of piperidine rings is 2. The first kappa shape index (κ1) is 20.0. The largest absolute Gasteiger partial charge is 0.445 e. The molecule has 2 heterocycles. The summed E-state index contributed by atoms with van der Waals surface area (Å²) in [5, 5.41) is 0. The van der Waals surface area contributed by atoms with Gasteiger partial charge >= 0.3 is 6.09 Å². The molecule has 6 heteroatoms. The number of nitrogens with two attached hydrogens (primary N) is 1. The Labute approximate surface area is 156 Å². The van der Waals surface area contributed by atoms with Gasteiger partial charge in [-0.3, -0.25) is 4.90 Å². The Balaban J connectivity index is 0.00000225. The summed E-state index contributed by atoms with van der Waals surface area (Å²) in [6, 6.07) is 10.4. The summed E-state index contributed by atoms with van der Waals surface area (Å²) in [5.41, 5.74) is 6.87. The van der Waals surface area contributed by atoms with Crippen LogP contribution in [0.4, 0.5) is 4.79 Å². The van der Waals surface area contributed by atoms with Crippen LogP contribution in [0.2, 0.25) is 0 Å². The summed E-state index contributed by atoms with van der Waals surface area (Å²) in [6.45, 7) is 5.04. The van der Waals surface area contributed by atoms with E-state index in [2.05, 4.69) is 4.90 Å². The minimum Gasteiger partial charge on any atom is -0.445 e. The van der Waals surface area contributed by atoms with Crippen LogP contribution in [0.15, 0.2) is 30.3 Å². The molecule has 0 saturated carbocycles. The van der Waals surface area contributed by atoms with Crippen LogP contribution in [0.1, 0.15) is 31.2 Å². The highest BCUT2D eigenvalue weighted by molar-refractivity contribution is 5.85. The average molecular weight is 368 g/mol. The highest BCUT2D eigenvalue weighted by Gasteiger charge is 2.30. The maximum atomic E-state index is 12.2. The maximum absolute atomic E-state index is 12.2. The highest BCUT2D eigenvalue weighted by atomic mass is 35.5. The van der Waals surface area contributed by atoms with Crippen molar-refractivity contribution >= 4 is 18.5 Å². The van der Waals surface area contributed by atoms with Crippen LogP contribution in [-0.2, 0) is 11.3 Å². The van der Waals surface area contributed by atoms with Crippen molar-refractivity contribution in [1.82, 2.24) is 9.80 Å². The third kappa shape index (κ3) is 5.59. The minimum atomic E-state index is -0.184. The third-order valence-corrected chi connectivity index (χ3v) is 5.33. The van der Waals surface area contributed by atoms with Crippen LogP contribution in [0.25, 0.3) is 0 Å². The van der Waals surface area contributed by atoms with E-state index in [-0.39, 0.29) is 18.5 Å². The van der Waals surface area contributed by atoms with Gasteiger partial charge in [0.1, 0.15) is 6.61 Å². The maximum Gasteiger partial charge on any atom is 0.410 e. The number of likely N-dealkylation sites (tertiary alicyclic amines) is 2. The van der Waals surface area contributed by atoms with Crippen LogP contribution < -0.4 is 5.73 Å². The molecule has 0 spiro atoms. The van der Waals surface area contributed by atoms with Gasteiger partial charge < -0.3 is 15.4 Å². The Morgan fingerprint density at radius 1 is 1.12 bits per heavy atom. The van der Waals surface area contributed by atoms with Crippen molar-refractivity contribution in [1.29, 1.82) is 0 Å². The van der Waals surface area contributed by atoms with Gasteiger partial charge in [-0.25, -0.2) is 4.79 Å². The first-order chi connectivity index (χ1) is 11.8. The lowest BCUT2D eigenvalue weighted by atomic mass is 9.94. The Hall–Kier alpha value is -1.30. The lowest BCUT2D eigenvalue weighted by Gasteiger charge is -2.41. The summed E-state index contributed by atoms with van der Waals surface area (Å²) < 4.78 is 5.44. The van der Waals surface area contributed by atoms with Gasteiger partial charge in [0.2, 0.25) is 0 Å². The number of ether oxygens (including phenoxy) is 1. The number of carbonyl (C=O) groups is 1. The van der Waals surface area contributed by atoms with Gasteiger partial charge in [0.05, 0.1) is 0 Å². The monoisotopic (exact) mass is 367 g/mol. The Kier molecular flexibility index (Phi) is 8.00. The molecule has 0 aliphatic carbocycles. The number of nitrogens with zero attached hydrogens (tertiary/aromatic N) is 2. The normalized spacial score (nSPS) is 22.3. The van der Waals surface area contributed by atoms with E-state index < -0.39 is 0 Å². The number of hydrogen-bond acceptors (Lipinski definition) is 4. The molecule has 2 aliphatic rings. The molecular weight excluding hydrogens is 338 g/mol. The molecule has 2 N–H and O–H groups in total. The lowest BCUT2D eigenvalue weighted by Crippen LogP contribution is -2.50. The number of halogens is 1. The van der Waals surface area contributed by atoms with Crippen LogP contribution in [0.3, 0.4) is 0 Å².